The van der Waals surface area contributed by atoms with Crippen LogP contribution in [-0.4, -0.2) is 43.2 Å². The lowest BCUT2D eigenvalue weighted by molar-refractivity contribution is 0.00770. The smallest absolute Gasteiger partial charge is 0.289 e. The molecule has 0 unspecified atom stereocenters. The summed E-state index contributed by atoms with van der Waals surface area (Å²) in [4.78, 5) is 14.5. The molecule has 0 radical (unpaired) electrons. The van der Waals surface area contributed by atoms with E-state index in [0.717, 1.165) is 30.2 Å². The summed E-state index contributed by atoms with van der Waals surface area (Å²) in [5.74, 6) is 0.402. The lowest BCUT2D eigenvalue weighted by atomic mass is 10.1. The van der Waals surface area contributed by atoms with Gasteiger partial charge in [-0.25, -0.2) is 0 Å². The number of nitrogens with two attached hydrogens (primary N) is 1. The van der Waals surface area contributed by atoms with Crippen LogP contribution in [0.2, 0.25) is 0 Å². The predicted molar refractivity (Wildman–Crippen MR) is 94.2 cm³/mol. The molecule has 5 heteroatoms. The van der Waals surface area contributed by atoms with Crippen LogP contribution in [0, 0.1) is 13.8 Å². The number of nitrogens with zero attached hydrogens (tertiary/aromatic N) is 1. The van der Waals surface area contributed by atoms with Gasteiger partial charge in [0.1, 0.15) is 5.58 Å². The number of aryl methyl sites for hydroxylation is 2. The molecule has 1 aliphatic rings. The van der Waals surface area contributed by atoms with Crippen molar-refractivity contribution in [2.45, 2.75) is 39.2 Å². The summed E-state index contributed by atoms with van der Waals surface area (Å²) in [6, 6.07) is 5.93. The summed E-state index contributed by atoms with van der Waals surface area (Å²) in [5, 5.41) is 0.987. The van der Waals surface area contributed by atoms with Crippen LogP contribution >= 0.6 is 0 Å². The maximum absolute atomic E-state index is 12.7. The van der Waals surface area contributed by atoms with Crippen molar-refractivity contribution in [1.29, 1.82) is 0 Å². The van der Waals surface area contributed by atoms with Gasteiger partial charge < -0.3 is 19.8 Å². The van der Waals surface area contributed by atoms with Crippen molar-refractivity contribution < 1.29 is 13.9 Å². The standard InChI is InChI=1S/C19H26N2O3/c1-13-10-15-12-18(24-17(15)11-14(13)2)19(22)21-7-4-16(5-8-21)23-9-3-6-20/h10-12,16H,3-9,20H2,1-2H3. The molecule has 5 nitrogen and oxygen atoms in total. The molecule has 0 atom stereocenters. The molecule has 0 saturated carbocycles. The van der Waals surface area contributed by atoms with Gasteiger partial charge in [0, 0.05) is 25.1 Å². The zero-order chi connectivity index (χ0) is 17.1. The fourth-order valence-corrected chi connectivity index (χ4v) is 3.12. The van der Waals surface area contributed by atoms with Gasteiger partial charge in [0.05, 0.1) is 6.10 Å². The highest BCUT2D eigenvalue weighted by Gasteiger charge is 2.26. The van der Waals surface area contributed by atoms with E-state index in [9.17, 15) is 4.79 Å². The summed E-state index contributed by atoms with van der Waals surface area (Å²) < 4.78 is 11.6. The second-order valence-electron chi connectivity index (χ2n) is 6.59. The Hall–Kier alpha value is -1.85. The van der Waals surface area contributed by atoms with Crippen molar-refractivity contribution in [2.75, 3.05) is 26.2 Å². The number of likely N-dealkylation sites (tertiary alicyclic amines) is 1. The van der Waals surface area contributed by atoms with Crippen molar-refractivity contribution in [3.05, 3.63) is 35.1 Å². The van der Waals surface area contributed by atoms with Gasteiger partial charge in [-0.1, -0.05) is 0 Å². The fourth-order valence-electron chi connectivity index (χ4n) is 3.12. The average Bonchev–Trinajstić information content (AvgIpc) is 2.98. The van der Waals surface area contributed by atoms with Gasteiger partial charge in [0.2, 0.25) is 0 Å². The maximum atomic E-state index is 12.7. The second kappa shape index (κ2) is 7.36. The SMILES string of the molecule is Cc1cc2cc(C(=O)N3CCC(OCCCN)CC3)oc2cc1C. The van der Waals surface area contributed by atoms with Crippen LogP contribution in [-0.2, 0) is 4.74 Å². The molecule has 1 amide bonds. The monoisotopic (exact) mass is 330 g/mol. The van der Waals surface area contributed by atoms with Gasteiger partial charge in [-0.3, -0.25) is 4.79 Å². The predicted octanol–water partition coefficient (Wildman–Crippen LogP) is 3.02. The van der Waals surface area contributed by atoms with Crippen molar-refractivity contribution >= 4 is 16.9 Å². The Morgan fingerprint density at radius 2 is 1.96 bits per heavy atom. The average molecular weight is 330 g/mol. The molecule has 2 heterocycles. The number of fused-ring (bicyclic) bond motifs is 1. The highest BCUT2D eigenvalue weighted by molar-refractivity contribution is 5.96. The number of rotatable bonds is 5. The third-order valence-electron chi connectivity index (χ3n) is 4.77. The van der Waals surface area contributed by atoms with Crippen LogP contribution in [0.3, 0.4) is 0 Å². The first-order valence-corrected chi connectivity index (χ1v) is 8.70. The highest BCUT2D eigenvalue weighted by Crippen LogP contribution is 2.25. The molecule has 0 aliphatic carbocycles. The molecule has 3 rings (SSSR count). The fraction of sp³-hybridized carbons (Fsp3) is 0.526. The lowest BCUT2D eigenvalue weighted by Gasteiger charge is -2.31. The summed E-state index contributed by atoms with van der Waals surface area (Å²) in [6.45, 7) is 6.90. The van der Waals surface area contributed by atoms with E-state index in [0.29, 0.717) is 32.0 Å². The molecular formula is C19H26N2O3. The minimum absolute atomic E-state index is 0.0260. The number of carbonyl (C=O) groups excluding carboxylic acids is 1. The molecule has 1 saturated heterocycles. The van der Waals surface area contributed by atoms with E-state index in [-0.39, 0.29) is 12.0 Å². The number of furan rings is 1. The highest BCUT2D eigenvalue weighted by atomic mass is 16.5. The Balaban J connectivity index is 1.63. The van der Waals surface area contributed by atoms with Crippen LogP contribution in [0.25, 0.3) is 11.0 Å². The van der Waals surface area contributed by atoms with E-state index in [1.54, 1.807) is 0 Å². The Kier molecular flexibility index (Phi) is 5.21. The van der Waals surface area contributed by atoms with Crippen LogP contribution in [0.4, 0.5) is 0 Å². The summed E-state index contributed by atoms with van der Waals surface area (Å²) in [7, 11) is 0. The minimum atomic E-state index is -0.0260. The van der Waals surface area contributed by atoms with E-state index in [1.807, 2.05) is 24.0 Å². The van der Waals surface area contributed by atoms with E-state index in [2.05, 4.69) is 13.0 Å². The maximum Gasteiger partial charge on any atom is 0.289 e. The number of piperidine rings is 1. The molecule has 2 aromatic rings. The first-order valence-electron chi connectivity index (χ1n) is 8.70. The van der Waals surface area contributed by atoms with Gasteiger partial charge in [0.15, 0.2) is 5.76 Å². The van der Waals surface area contributed by atoms with Gasteiger partial charge >= 0.3 is 0 Å². The topological polar surface area (TPSA) is 68.7 Å². The molecular weight excluding hydrogens is 304 g/mol. The lowest BCUT2D eigenvalue weighted by Crippen LogP contribution is -2.40. The normalized spacial score (nSPS) is 16.0. The van der Waals surface area contributed by atoms with E-state index >= 15 is 0 Å². The van der Waals surface area contributed by atoms with E-state index in [4.69, 9.17) is 14.9 Å². The number of ether oxygens (including phenoxy) is 1. The minimum Gasteiger partial charge on any atom is -0.451 e. The summed E-state index contributed by atoms with van der Waals surface area (Å²) in [5.41, 5.74) is 8.64. The van der Waals surface area contributed by atoms with Gasteiger partial charge in [-0.2, -0.15) is 0 Å². The molecule has 130 valence electrons. The molecule has 0 spiro atoms. The Morgan fingerprint density at radius 3 is 2.67 bits per heavy atom. The van der Waals surface area contributed by atoms with Crippen LogP contribution in [0.15, 0.2) is 22.6 Å². The summed E-state index contributed by atoms with van der Waals surface area (Å²) in [6.07, 6.45) is 2.86. The Labute approximate surface area is 142 Å². The summed E-state index contributed by atoms with van der Waals surface area (Å²) >= 11 is 0. The number of amides is 1. The van der Waals surface area contributed by atoms with Crippen LogP contribution in [0.5, 0.6) is 0 Å². The van der Waals surface area contributed by atoms with E-state index < -0.39 is 0 Å². The van der Waals surface area contributed by atoms with Crippen LogP contribution in [0.1, 0.15) is 40.9 Å². The third-order valence-corrected chi connectivity index (χ3v) is 4.77. The third kappa shape index (κ3) is 3.62. The number of benzene rings is 1. The Bertz CT molecular complexity index is 676. The number of hydrogen-bond donors (Lipinski definition) is 1. The van der Waals surface area contributed by atoms with Gasteiger partial charge in [-0.15, -0.1) is 0 Å². The zero-order valence-corrected chi connectivity index (χ0v) is 14.5. The molecule has 1 aromatic heterocycles. The molecule has 24 heavy (non-hydrogen) atoms. The molecule has 2 N–H and O–H groups in total. The molecule has 0 bridgehead atoms. The second-order valence-corrected chi connectivity index (χ2v) is 6.59. The van der Waals surface area contributed by atoms with Crippen molar-refractivity contribution in [1.82, 2.24) is 4.90 Å². The molecule has 1 aliphatic heterocycles. The molecule has 1 aromatic carbocycles. The molecule has 1 fully saturated rings. The number of carbonyl (C=O) groups is 1. The quantitative estimate of drug-likeness (QED) is 0.856. The largest absolute Gasteiger partial charge is 0.451 e. The number of hydrogen-bond acceptors (Lipinski definition) is 4. The van der Waals surface area contributed by atoms with Gasteiger partial charge in [0.25, 0.3) is 5.91 Å². The first kappa shape index (κ1) is 17.0. The van der Waals surface area contributed by atoms with E-state index in [1.165, 1.54) is 11.1 Å². The van der Waals surface area contributed by atoms with Gasteiger partial charge in [-0.05, 0) is 69.0 Å². The van der Waals surface area contributed by atoms with Crippen molar-refractivity contribution in [3.8, 4) is 0 Å². The first-order chi connectivity index (χ1) is 11.6. The Morgan fingerprint density at radius 1 is 1.25 bits per heavy atom. The van der Waals surface area contributed by atoms with Crippen LogP contribution < -0.4 is 5.73 Å². The zero-order valence-electron chi connectivity index (χ0n) is 14.5. The van der Waals surface area contributed by atoms with Crippen molar-refractivity contribution in [3.63, 3.8) is 0 Å². The van der Waals surface area contributed by atoms with Crippen molar-refractivity contribution in [2.24, 2.45) is 5.73 Å².